The number of fused-ring (bicyclic) bond motifs is 1. The third-order valence-corrected chi connectivity index (χ3v) is 7.26. The molecular formula is C29H30BrN3O4S. The van der Waals surface area contributed by atoms with Gasteiger partial charge in [-0.15, -0.1) is 0 Å². The number of rotatable bonds is 9. The van der Waals surface area contributed by atoms with Crippen LogP contribution in [0.1, 0.15) is 23.6 Å². The second-order valence-electron chi connectivity index (χ2n) is 9.11. The number of halogens is 1. The first kappa shape index (κ1) is 27.6. The third kappa shape index (κ3) is 6.52. The summed E-state index contributed by atoms with van der Waals surface area (Å²) in [5, 5.41) is 9.63. The first-order valence-corrected chi connectivity index (χ1v) is 13.5. The van der Waals surface area contributed by atoms with Gasteiger partial charge in [0, 0.05) is 24.9 Å². The summed E-state index contributed by atoms with van der Waals surface area (Å²) in [6.07, 6.45) is 0.968. The van der Waals surface area contributed by atoms with Crippen LogP contribution in [0.15, 0.2) is 77.3 Å². The van der Waals surface area contributed by atoms with Gasteiger partial charge in [0.25, 0.3) is 0 Å². The summed E-state index contributed by atoms with van der Waals surface area (Å²) in [4.78, 5) is 27.2. The Kier molecular flexibility index (Phi) is 9.01. The van der Waals surface area contributed by atoms with Crippen molar-refractivity contribution in [2.24, 2.45) is 0 Å². The van der Waals surface area contributed by atoms with Crippen molar-refractivity contribution < 1.29 is 19.1 Å². The Morgan fingerprint density at radius 1 is 1.03 bits per heavy atom. The smallest absolute Gasteiger partial charge is 0.332 e. The van der Waals surface area contributed by atoms with Gasteiger partial charge in [0.15, 0.2) is 5.11 Å². The zero-order valence-corrected chi connectivity index (χ0v) is 23.7. The van der Waals surface area contributed by atoms with Gasteiger partial charge in [-0.1, -0.05) is 48.5 Å². The molecule has 0 saturated heterocycles. The van der Waals surface area contributed by atoms with Crippen molar-refractivity contribution in [3.05, 3.63) is 94.0 Å². The van der Waals surface area contributed by atoms with Gasteiger partial charge in [-0.05, 0) is 76.0 Å². The van der Waals surface area contributed by atoms with Gasteiger partial charge in [0.2, 0.25) is 5.91 Å². The molecule has 0 spiro atoms. The van der Waals surface area contributed by atoms with E-state index in [1.54, 1.807) is 14.0 Å². The van der Waals surface area contributed by atoms with Crippen molar-refractivity contribution in [1.82, 2.24) is 10.6 Å². The highest BCUT2D eigenvalue weighted by Crippen LogP contribution is 2.37. The highest BCUT2D eigenvalue weighted by Gasteiger charge is 2.47. The van der Waals surface area contributed by atoms with E-state index in [4.69, 9.17) is 21.7 Å². The molecule has 0 unspecified atom stereocenters. The number of carbonyl (C=O) groups excluding carboxylic acids is 2. The van der Waals surface area contributed by atoms with Gasteiger partial charge in [0.05, 0.1) is 18.2 Å². The van der Waals surface area contributed by atoms with Crippen LogP contribution in [0.25, 0.3) is 0 Å². The van der Waals surface area contributed by atoms with E-state index in [-0.39, 0.29) is 12.5 Å². The topological polar surface area (TPSA) is 88.7 Å². The molecule has 0 aliphatic heterocycles. The molecule has 3 aromatic carbocycles. The number of thiocarbonyl (C=S) groups is 1. The number of methoxy groups -OCH3 is 1. The molecule has 1 amide bonds. The van der Waals surface area contributed by atoms with Gasteiger partial charge in [-0.2, -0.15) is 0 Å². The van der Waals surface area contributed by atoms with Crippen LogP contribution >= 0.6 is 28.1 Å². The Balaban J connectivity index is 1.59. The van der Waals surface area contributed by atoms with Crippen molar-refractivity contribution >= 4 is 50.8 Å². The van der Waals surface area contributed by atoms with Crippen molar-refractivity contribution in [3.63, 3.8) is 0 Å². The van der Waals surface area contributed by atoms with E-state index in [0.29, 0.717) is 30.1 Å². The number of anilines is 1. The maximum Gasteiger partial charge on any atom is 0.332 e. The largest absolute Gasteiger partial charge is 0.496 e. The second kappa shape index (κ2) is 12.4. The minimum absolute atomic E-state index is 0.205. The lowest BCUT2D eigenvalue weighted by Gasteiger charge is -2.30. The van der Waals surface area contributed by atoms with Crippen LogP contribution in [0.4, 0.5) is 5.69 Å². The van der Waals surface area contributed by atoms with Gasteiger partial charge in [-0.3, -0.25) is 4.79 Å². The fourth-order valence-corrected chi connectivity index (χ4v) is 5.43. The highest BCUT2D eigenvalue weighted by molar-refractivity contribution is 9.10. The number of para-hydroxylation sites is 1. The molecule has 1 aliphatic carbocycles. The SMILES string of the molecule is CCOC(=O)[C@]1(NC(=O)[C@H](Cc2ccccc2)NC(=S)Nc2ccccc2)Cc2cc(Br)c(OC)cc2C1. The van der Waals surface area contributed by atoms with E-state index in [1.165, 1.54) is 0 Å². The predicted molar refractivity (Wildman–Crippen MR) is 155 cm³/mol. The van der Waals surface area contributed by atoms with E-state index < -0.39 is 17.6 Å². The fraction of sp³-hybridized carbons (Fsp3) is 0.276. The molecule has 198 valence electrons. The minimum Gasteiger partial charge on any atom is -0.496 e. The molecular weight excluding hydrogens is 566 g/mol. The molecule has 3 N–H and O–H groups in total. The molecule has 9 heteroatoms. The zero-order chi connectivity index (χ0) is 27.1. The molecule has 0 bridgehead atoms. The standard InChI is InChI=1S/C29H30BrN3O4S/c1-3-37-27(35)29(17-20-15-23(30)25(36-2)16-21(20)18-29)33-26(34)24(14-19-10-6-4-7-11-19)32-28(38)31-22-12-8-5-9-13-22/h4-13,15-16,24H,3,14,17-18H2,1-2H3,(H,33,34)(H2,31,32,38)/t24-,29-/m0/s1. The average molecular weight is 597 g/mol. The minimum atomic E-state index is -1.24. The highest BCUT2D eigenvalue weighted by atomic mass is 79.9. The Morgan fingerprint density at radius 3 is 2.29 bits per heavy atom. The number of carbonyl (C=O) groups is 2. The van der Waals surface area contributed by atoms with Gasteiger partial charge in [-0.25, -0.2) is 4.79 Å². The molecule has 0 saturated carbocycles. The number of hydrogen-bond donors (Lipinski definition) is 3. The second-order valence-corrected chi connectivity index (χ2v) is 10.4. The molecule has 0 radical (unpaired) electrons. The molecule has 0 aromatic heterocycles. The van der Waals surface area contributed by atoms with Crippen molar-refractivity contribution in [3.8, 4) is 5.75 Å². The Hall–Kier alpha value is -3.43. The van der Waals surface area contributed by atoms with Crippen molar-refractivity contribution in [1.29, 1.82) is 0 Å². The van der Waals surface area contributed by atoms with E-state index in [1.807, 2.05) is 72.8 Å². The lowest BCUT2D eigenvalue weighted by molar-refractivity contribution is -0.153. The molecule has 0 heterocycles. The zero-order valence-electron chi connectivity index (χ0n) is 21.3. The van der Waals surface area contributed by atoms with Crippen LogP contribution in [0, 0.1) is 0 Å². The first-order chi connectivity index (χ1) is 18.3. The quantitative estimate of drug-likeness (QED) is 0.247. The number of benzene rings is 3. The molecule has 2 atom stereocenters. The lowest BCUT2D eigenvalue weighted by atomic mass is 9.94. The van der Waals surface area contributed by atoms with E-state index in [9.17, 15) is 9.59 Å². The van der Waals surface area contributed by atoms with Crippen molar-refractivity contribution in [2.45, 2.75) is 37.8 Å². The number of nitrogens with one attached hydrogen (secondary N) is 3. The molecule has 4 rings (SSSR count). The summed E-state index contributed by atoms with van der Waals surface area (Å²) in [6.45, 7) is 1.96. The van der Waals surface area contributed by atoms with Crippen LogP contribution < -0.4 is 20.7 Å². The Morgan fingerprint density at radius 2 is 1.66 bits per heavy atom. The predicted octanol–water partition coefficient (Wildman–Crippen LogP) is 4.57. The fourth-order valence-electron chi connectivity index (χ4n) is 4.62. The number of esters is 1. The van der Waals surface area contributed by atoms with Crippen LogP contribution in [-0.4, -0.2) is 42.3 Å². The molecule has 7 nitrogen and oxygen atoms in total. The lowest BCUT2D eigenvalue weighted by Crippen LogP contribution is -2.61. The van der Waals surface area contributed by atoms with Crippen LogP contribution in [0.5, 0.6) is 5.75 Å². The van der Waals surface area contributed by atoms with Gasteiger partial charge >= 0.3 is 5.97 Å². The molecule has 1 aliphatic rings. The third-order valence-electron chi connectivity index (χ3n) is 6.42. The molecule has 38 heavy (non-hydrogen) atoms. The normalized spacial score (nSPS) is 16.6. The monoisotopic (exact) mass is 595 g/mol. The van der Waals surface area contributed by atoms with Crippen LogP contribution in [-0.2, 0) is 33.6 Å². The number of amides is 1. The van der Waals surface area contributed by atoms with Gasteiger partial charge in [0.1, 0.15) is 17.3 Å². The Labute approximate surface area is 236 Å². The van der Waals surface area contributed by atoms with Gasteiger partial charge < -0.3 is 25.4 Å². The Bertz CT molecular complexity index is 1310. The summed E-state index contributed by atoms with van der Waals surface area (Å²) < 4.78 is 11.7. The first-order valence-electron chi connectivity index (χ1n) is 12.3. The summed E-state index contributed by atoms with van der Waals surface area (Å²) >= 11 is 9.06. The number of ether oxygens (including phenoxy) is 2. The molecule has 3 aromatic rings. The van der Waals surface area contributed by atoms with Crippen LogP contribution in [0.2, 0.25) is 0 Å². The van der Waals surface area contributed by atoms with E-state index in [0.717, 1.165) is 26.9 Å². The maximum absolute atomic E-state index is 13.8. The summed E-state index contributed by atoms with van der Waals surface area (Å²) in [6, 6.07) is 22.2. The number of hydrogen-bond acceptors (Lipinski definition) is 5. The average Bonchev–Trinajstić information content (AvgIpc) is 3.27. The van der Waals surface area contributed by atoms with E-state index >= 15 is 0 Å². The van der Waals surface area contributed by atoms with Crippen molar-refractivity contribution in [2.75, 3.05) is 19.0 Å². The van der Waals surface area contributed by atoms with E-state index in [2.05, 4.69) is 31.9 Å². The molecule has 0 fully saturated rings. The maximum atomic E-state index is 13.8. The summed E-state index contributed by atoms with van der Waals surface area (Å²) in [7, 11) is 1.59. The summed E-state index contributed by atoms with van der Waals surface area (Å²) in [5.74, 6) is -0.156. The van der Waals surface area contributed by atoms with Crippen LogP contribution in [0.3, 0.4) is 0 Å². The summed E-state index contributed by atoms with van der Waals surface area (Å²) in [5.41, 5.74) is 2.38.